The van der Waals surface area contributed by atoms with Crippen LogP contribution < -0.4 is 0 Å². The first-order chi connectivity index (χ1) is 9.17. The summed E-state index contributed by atoms with van der Waals surface area (Å²) in [7, 11) is 0. The van der Waals surface area contributed by atoms with E-state index in [0.717, 1.165) is 16.9 Å². The van der Waals surface area contributed by atoms with Gasteiger partial charge in [0.05, 0.1) is 11.0 Å². The Morgan fingerprint density at radius 1 is 1.47 bits per heavy atom. The van der Waals surface area contributed by atoms with Crippen molar-refractivity contribution in [3.8, 4) is 6.07 Å². The number of benzene rings is 1. The summed E-state index contributed by atoms with van der Waals surface area (Å²) in [5.74, 6) is 0. The van der Waals surface area contributed by atoms with Gasteiger partial charge >= 0.3 is 0 Å². The van der Waals surface area contributed by atoms with Crippen LogP contribution in [0.5, 0.6) is 0 Å². The molecule has 1 rings (SSSR count). The summed E-state index contributed by atoms with van der Waals surface area (Å²) in [6.45, 7) is 6.43. The quantitative estimate of drug-likeness (QED) is 0.548. The van der Waals surface area contributed by atoms with Crippen molar-refractivity contribution in [3.05, 3.63) is 47.4 Å². The number of thioether (sulfide) groups is 1. The van der Waals surface area contributed by atoms with Crippen LogP contribution in [0.1, 0.15) is 25.3 Å². The largest absolute Gasteiger partial charge is 0.478 e. The Kier molecular flexibility index (Phi) is 7.24. The third-order valence-corrected chi connectivity index (χ3v) is 4.32. The molecule has 0 spiro atoms. The normalized spacial score (nSPS) is 11.4. The molecule has 0 aliphatic rings. The van der Waals surface area contributed by atoms with Crippen molar-refractivity contribution >= 4 is 29.0 Å². The Balaban J connectivity index is 2.41. The molecule has 2 nitrogen and oxygen atoms in total. The molecular weight excluding hydrogens is 274 g/mol. The zero-order chi connectivity index (χ0) is 14.1. The summed E-state index contributed by atoms with van der Waals surface area (Å²) in [4.78, 5) is 0.730. The van der Waals surface area contributed by atoms with E-state index in [1.807, 2.05) is 30.3 Å². The fourth-order valence-corrected chi connectivity index (χ4v) is 2.51. The lowest BCUT2D eigenvalue weighted by Crippen LogP contribution is -2.07. The molecule has 0 radical (unpaired) electrons. The van der Waals surface area contributed by atoms with Crippen molar-refractivity contribution in [2.75, 3.05) is 0 Å². The molecule has 1 aromatic carbocycles. The minimum Gasteiger partial charge on any atom is -0.478 e. The van der Waals surface area contributed by atoms with E-state index in [0.29, 0.717) is 18.1 Å². The highest BCUT2D eigenvalue weighted by Crippen LogP contribution is 2.26. The molecule has 0 saturated carbocycles. The van der Waals surface area contributed by atoms with Crippen molar-refractivity contribution in [2.24, 2.45) is 0 Å². The molecule has 0 N–H and O–H groups in total. The molecule has 0 aromatic heterocycles. The summed E-state index contributed by atoms with van der Waals surface area (Å²) < 4.78 is 5.54. The molecular formula is C15H17NOS2. The Morgan fingerprint density at radius 3 is 2.74 bits per heavy atom. The molecule has 0 bridgehead atoms. The van der Waals surface area contributed by atoms with Gasteiger partial charge in [-0.1, -0.05) is 43.8 Å². The number of nitrogens with zero attached hydrogens (tertiary/aromatic N) is 1. The highest BCUT2D eigenvalue weighted by atomic mass is 32.2. The van der Waals surface area contributed by atoms with Gasteiger partial charge in [-0.15, -0.1) is 11.8 Å². The second kappa shape index (κ2) is 8.73. The lowest BCUT2D eigenvalue weighted by atomic mass is 10.2. The van der Waals surface area contributed by atoms with Crippen LogP contribution in [0.25, 0.3) is 0 Å². The molecule has 0 amide bonds. The summed E-state index contributed by atoms with van der Waals surface area (Å²) in [5, 5.41) is 9.37. The van der Waals surface area contributed by atoms with Gasteiger partial charge in [0.1, 0.15) is 6.61 Å². The molecule has 4 heteroatoms. The number of hydrogen-bond donors (Lipinski definition) is 0. The van der Waals surface area contributed by atoms with Crippen LogP contribution in [0, 0.1) is 11.3 Å². The van der Waals surface area contributed by atoms with Gasteiger partial charge in [-0.05, 0) is 24.2 Å². The van der Waals surface area contributed by atoms with Crippen molar-refractivity contribution in [1.82, 2.24) is 0 Å². The van der Waals surface area contributed by atoms with Gasteiger partial charge in [-0.3, -0.25) is 0 Å². The van der Waals surface area contributed by atoms with Gasteiger partial charge in [0.2, 0.25) is 0 Å². The van der Waals surface area contributed by atoms with Gasteiger partial charge in [0.15, 0.2) is 5.05 Å². The van der Waals surface area contributed by atoms with Crippen molar-refractivity contribution in [2.45, 2.75) is 31.6 Å². The molecule has 0 saturated heterocycles. The maximum Gasteiger partial charge on any atom is 0.197 e. The molecule has 100 valence electrons. The fraction of sp³-hybridized carbons (Fsp3) is 0.333. The van der Waals surface area contributed by atoms with E-state index in [4.69, 9.17) is 22.2 Å². The number of thiocarbonyl (C=S) groups is 1. The van der Waals surface area contributed by atoms with Crippen molar-refractivity contribution < 1.29 is 4.74 Å². The summed E-state index contributed by atoms with van der Waals surface area (Å²) >= 11 is 6.73. The van der Waals surface area contributed by atoms with Crippen LogP contribution in [0.3, 0.4) is 0 Å². The molecule has 1 atom stereocenters. The molecule has 0 heterocycles. The maximum absolute atomic E-state index is 8.71. The maximum atomic E-state index is 8.71. The second-order valence-corrected chi connectivity index (χ2v) is 5.76. The third kappa shape index (κ3) is 5.91. The number of ether oxygens (including phenoxy) is 1. The van der Waals surface area contributed by atoms with E-state index >= 15 is 0 Å². The zero-order valence-corrected chi connectivity index (χ0v) is 12.6. The average molecular weight is 291 g/mol. The van der Waals surface area contributed by atoms with E-state index in [1.54, 1.807) is 0 Å². The minimum atomic E-state index is 0.232. The lowest BCUT2D eigenvalue weighted by Gasteiger charge is -2.14. The first-order valence-electron chi connectivity index (χ1n) is 6.11. The fourth-order valence-electron chi connectivity index (χ4n) is 1.42. The number of rotatable bonds is 7. The number of hydrogen-bond acceptors (Lipinski definition) is 4. The molecule has 19 heavy (non-hydrogen) atoms. The van der Waals surface area contributed by atoms with Crippen LogP contribution in [-0.2, 0) is 11.3 Å². The standard InChI is InChI=1S/C15H17NOS2/c1-3-14(9-10-16)19-12(2)15(18)17-11-13-7-5-4-6-8-13/h4-8,14H,2-3,9,11H2,1H3. The minimum absolute atomic E-state index is 0.232. The van der Waals surface area contributed by atoms with Crippen LogP contribution >= 0.6 is 24.0 Å². The highest BCUT2D eigenvalue weighted by Gasteiger charge is 2.12. The highest BCUT2D eigenvalue weighted by molar-refractivity contribution is 8.05. The summed E-state index contributed by atoms with van der Waals surface area (Å²) in [6, 6.07) is 12.0. The van der Waals surface area contributed by atoms with E-state index in [-0.39, 0.29) is 5.25 Å². The summed E-state index contributed by atoms with van der Waals surface area (Å²) in [5.41, 5.74) is 1.08. The third-order valence-electron chi connectivity index (χ3n) is 2.52. The van der Waals surface area contributed by atoms with Crippen molar-refractivity contribution in [1.29, 1.82) is 5.26 Å². The second-order valence-electron chi connectivity index (χ2n) is 4.00. The molecule has 0 fully saturated rings. The van der Waals surface area contributed by atoms with Crippen molar-refractivity contribution in [3.63, 3.8) is 0 Å². The van der Waals surface area contributed by atoms with Crippen LogP contribution in [0.15, 0.2) is 41.8 Å². The van der Waals surface area contributed by atoms with E-state index < -0.39 is 0 Å². The predicted octanol–water partition coefficient (Wildman–Crippen LogP) is 4.47. The van der Waals surface area contributed by atoms with Gasteiger partial charge in [0.25, 0.3) is 0 Å². The average Bonchev–Trinajstić information content (AvgIpc) is 2.45. The van der Waals surface area contributed by atoms with Gasteiger partial charge in [0, 0.05) is 11.7 Å². The lowest BCUT2D eigenvalue weighted by molar-refractivity contribution is 0.303. The first kappa shape index (κ1) is 15.7. The Bertz CT molecular complexity index is 465. The van der Waals surface area contributed by atoms with Crippen LogP contribution in [0.2, 0.25) is 0 Å². The SMILES string of the molecule is C=C(SC(CC)CC#N)C(=S)OCc1ccccc1. The Labute approximate surface area is 124 Å². The Morgan fingerprint density at radius 2 is 2.16 bits per heavy atom. The first-order valence-corrected chi connectivity index (χ1v) is 7.39. The van der Waals surface area contributed by atoms with E-state index in [9.17, 15) is 0 Å². The molecule has 0 aliphatic carbocycles. The zero-order valence-electron chi connectivity index (χ0n) is 11.0. The smallest absolute Gasteiger partial charge is 0.197 e. The number of nitriles is 1. The molecule has 1 aromatic rings. The predicted molar refractivity (Wildman–Crippen MR) is 84.9 cm³/mol. The van der Waals surface area contributed by atoms with E-state index in [1.165, 1.54) is 11.8 Å². The Hall–Kier alpha value is -1.31. The topological polar surface area (TPSA) is 33.0 Å². The van der Waals surface area contributed by atoms with Gasteiger partial charge in [-0.25, -0.2) is 0 Å². The molecule has 1 unspecified atom stereocenters. The van der Waals surface area contributed by atoms with Gasteiger partial charge in [-0.2, -0.15) is 5.26 Å². The summed E-state index contributed by atoms with van der Waals surface area (Å²) in [6.07, 6.45) is 1.42. The van der Waals surface area contributed by atoms with E-state index in [2.05, 4.69) is 19.6 Å². The monoisotopic (exact) mass is 291 g/mol. The van der Waals surface area contributed by atoms with Gasteiger partial charge < -0.3 is 4.74 Å². The molecule has 0 aliphatic heterocycles. The van der Waals surface area contributed by atoms with Crippen LogP contribution in [0.4, 0.5) is 0 Å². The van der Waals surface area contributed by atoms with Crippen LogP contribution in [-0.4, -0.2) is 10.3 Å².